The number of anilines is 1. The molecule has 0 radical (unpaired) electrons. The molecular weight excluding hydrogens is 255 g/mol. The van der Waals surface area contributed by atoms with Crippen molar-refractivity contribution in [3.8, 4) is 0 Å². The maximum atomic E-state index is 12.8. The van der Waals surface area contributed by atoms with Crippen molar-refractivity contribution in [2.75, 3.05) is 5.32 Å². The van der Waals surface area contributed by atoms with Gasteiger partial charge in [0.05, 0.1) is 11.3 Å². The molecule has 1 unspecified atom stereocenters. The van der Waals surface area contributed by atoms with Gasteiger partial charge in [-0.3, -0.25) is 4.79 Å². The Hall–Kier alpha value is -1.78. The van der Waals surface area contributed by atoms with Gasteiger partial charge in [-0.2, -0.15) is 13.2 Å². The molecule has 0 bridgehead atoms. The Morgan fingerprint density at radius 1 is 1.21 bits per heavy atom. The summed E-state index contributed by atoms with van der Waals surface area (Å²) in [7, 11) is 0. The highest BCUT2D eigenvalue weighted by atomic mass is 19.4. The number of carbonyl (C=O) groups excluding carboxylic acids is 1. The monoisotopic (exact) mass is 269 g/mol. The second-order valence-electron chi connectivity index (χ2n) is 4.51. The Kier molecular flexibility index (Phi) is 3.93. The molecule has 1 N–H and O–H groups in total. The number of halogens is 3. The summed E-state index contributed by atoms with van der Waals surface area (Å²) in [5.41, 5.74) is -0.982. The Labute approximate surface area is 109 Å². The number of hydrogen-bond acceptors (Lipinski definition) is 1. The Morgan fingerprint density at radius 3 is 2.58 bits per heavy atom. The van der Waals surface area contributed by atoms with Crippen LogP contribution in [0.15, 0.2) is 36.4 Å². The highest BCUT2D eigenvalue weighted by Gasteiger charge is 2.34. The molecule has 1 atom stereocenters. The summed E-state index contributed by atoms with van der Waals surface area (Å²) in [5, 5.41) is 2.39. The van der Waals surface area contributed by atoms with Gasteiger partial charge < -0.3 is 5.32 Å². The van der Waals surface area contributed by atoms with Crippen LogP contribution in [-0.4, -0.2) is 5.91 Å². The van der Waals surface area contributed by atoms with E-state index in [-0.39, 0.29) is 17.5 Å². The fourth-order valence-electron chi connectivity index (χ4n) is 2.11. The summed E-state index contributed by atoms with van der Waals surface area (Å²) in [6, 6.07) is 5.03. The molecule has 0 saturated carbocycles. The lowest BCUT2D eigenvalue weighted by molar-refractivity contribution is -0.137. The fourth-order valence-corrected chi connectivity index (χ4v) is 2.11. The lowest BCUT2D eigenvalue weighted by Gasteiger charge is -2.19. The zero-order valence-electron chi connectivity index (χ0n) is 10.2. The van der Waals surface area contributed by atoms with E-state index in [0.717, 1.165) is 12.5 Å². The third-order valence-electron chi connectivity index (χ3n) is 3.13. The van der Waals surface area contributed by atoms with Crippen LogP contribution in [0, 0.1) is 5.92 Å². The van der Waals surface area contributed by atoms with Gasteiger partial charge in [0.1, 0.15) is 0 Å². The molecule has 5 heteroatoms. The first-order valence-electron chi connectivity index (χ1n) is 6.10. The zero-order chi connectivity index (χ0) is 13.9. The van der Waals surface area contributed by atoms with E-state index < -0.39 is 11.7 Å². The van der Waals surface area contributed by atoms with E-state index >= 15 is 0 Å². The van der Waals surface area contributed by atoms with Crippen molar-refractivity contribution in [1.29, 1.82) is 0 Å². The van der Waals surface area contributed by atoms with Crippen LogP contribution in [0.2, 0.25) is 0 Å². The lowest BCUT2D eigenvalue weighted by Crippen LogP contribution is -2.25. The van der Waals surface area contributed by atoms with Crippen LogP contribution >= 0.6 is 0 Å². The van der Waals surface area contributed by atoms with Gasteiger partial charge in [-0.15, -0.1) is 0 Å². The standard InChI is InChI=1S/C14H14F3NO/c15-14(16,17)11-8-4-5-9-12(11)18-13(19)10-6-2-1-3-7-10/h1-2,4-5,8-10H,3,6-7H2,(H,18,19). The second kappa shape index (κ2) is 5.47. The van der Waals surface area contributed by atoms with Crippen LogP contribution in [0.1, 0.15) is 24.8 Å². The summed E-state index contributed by atoms with van der Waals surface area (Å²) in [4.78, 5) is 11.9. The molecule has 0 heterocycles. The molecule has 1 aromatic rings. The van der Waals surface area contributed by atoms with Crippen molar-refractivity contribution in [3.05, 3.63) is 42.0 Å². The van der Waals surface area contributed by atoms with Crippen molar-refractivity contribution in [2.45, 2.75) is 25.4 Å². The molecule has 1 aliphatic carbocycles. The summed E-state index contributed by atoms with van der Waals surface area (Å²) in [6.45, 7) is 0. The molecule has 1 amide bonds. The van der Waals surface area contributed by atoms with Gasteiger partial charge in [-0.1, -0.05) is 24.3 Å². The Bertz CT molecular complexity index is 494. The average Bonchev–Trinajstić information content (AvgIpc) is 2.39. The topological polar surface area (TPSA) is 29.1 Å². The molecule has 1 aromatic carbocycles. The minimum Gasteiger partial charge on any atom is -0.325 e. The van der Waals surface area contributed by atoms with Crippen molar-refractivity contribution >= 4 is 11.6 Å². The first-order chi connectivity index (χ1) is 8.98. The SMILES string of the molecule is O=C(Nc1ccccc1C(F)(F)F)C1CC=CCC1. The summed E-state index contributed by atoms with van der Waals surface area (Å²) in [6.07, 6.45) is 1.46. The number of hydrogen-bond donors (Lipinski definition) is 1. The molecule has 0 aliphatic heterocycles. The van der Waals surface area contributed by atoms with Gasteiger partial charge in [-0.05, 0) is 31.4 Å². The summed E-state index contributed by atoms with van der Waals surface area (Å²) in [5.74, 6) is -0.590. The van der Waals surface area contributed by atoms with E-state index in [1.165, 1.54) is 18.2 Å². The number of allylic oxidation sites excluding steroid dienone is 2. The maximum Gasteiger partial charge on any atom is 0.418 e. The van der Waals surface area contributed by atoms with Gasteiger partial charge in [0, 0.05) is 5.92 Å². The van der Waals surface area contributed by atoms with E-state index in [1.54, 1.807) is 0 Å². The van der Waals surface area contributed by atoms with E-state index in [1.807, 2.05) is 12.2 Å². The van der Waals surface area contributed by atoms with Crippen LogP contribution in [0.4, 0.5) is 18.9 Å². The first-order valence-corrected chi connectivity index (χ1v) is 6.10. The largest absolute Gasteiger partial charge is 0.418 e. The third kappa shape index (κ3) is 3.36. The third-order valence-corrected chi connectivity index (χ3v) is 3.13. The molecule has 19 heavy (non-hydrogen) atoms. The normalized spacial score (nSPS) is 19.2. The van der Waals surface area contributed by atoms with Crippen molar-refractivity contribution in [1.82, 2.24) is 0 Å². The molecule has 2 nitrogen and oxygen atoms in total. The van der Waals surface area contributed by atoms with Crippen molar-refractivity contribution < 1.29 is 18.0 Å². The van der Waals surface area contributed by atoms with E-state index in [2.05, 4.69) is 5.32 Å². The van der Waals surface area contributed by atoms with Gasteiger partial charge >= 0.3 is 6.18 Å². The average molecular weight is 269 g/mol. The van der Waals surface area contributed by atoms with Crippen molar-refractivity contribution in [3.63, 3.8) is 0 Å². The van der Waals surface area contributed by atoms with E-state index in [9.17, 15) is 18.0 Å². The quantitative estimate of drug-likeness (QED) is 0.808. The minimum atomic E-state index is -4.46. The number of alkyl halides is 3. The minimum absolute atomic E-state index is 0.172. The number of para-hydroxylation sites is 1. The summed E-state index contributed by atoms with van der Waals surface area (Å²) < 4.78 is 38.3. The summed E-state index contributed by atoms with van der Waals surface area (Å²) >= 11 is 0. The fraction of sp³-hybridized carbons (Fsp3) is 0.357. The molecule has 0 saturated heterocycles. The highest BCUT2D eigenvalue weighted by Crippen LogP contribution is 2.35. The Balaban J connectivity index is 2.15. The molecule has 2 rings (SSSR count). The molecule has 1 aliphatic rings. The molecule has 0 fully saturated rings. The van der Waals surface area contributed by atoms with Crippen LogP contribution < -0.4 is 5.32 Å². The highest BCUT2D eigenvalue weighted by molar-refractivity contribution is 5.93. The van der Waals surface area contributed by atoms with Crippen LogP contribution in [0.3, 0.4) is 0 Å². The number of nitrogens with one attached hydrogen (secondary N) is 1. The Morgan fingerprint density at radius 2 is 1.95 bits per heavy atom. The smallest absolute Gasteiger partial charge is 0.325 e. The van der Waals surface area contributed by atoms with E-state index in [0.29, 0.717) is 12.8 Å². The maximum absolute atomic E-state index is 12.8. The van der Waals surface area contributed by atoms with Crippen molar-refractivity contribution in [2.24, 2.45) is 5.92 Å². The number of rotatable bonds is 2. The molecular formula is C14H14F3NO. The predicted molar refractivity (Wildman–Crippen MR) is 66.6 cm³/mol. The van der Waals surface area contributed by atoms with E-state index in [4.69, 9.17) is 0 Å². The lowest BCUT2D eigenvalue weighted by atomic mass is 9.93. The van der Waals surface area contributed by atoms with Gasteiger partial charge in [0.25, 0.3) is 0 Å². The first kappa shape index (κ1) is 13.6. The van der Waals surface area contributed by atoms with Gasteiger partial charge in [0.2, 0.25) is 5.91 Å². The van der Waals surface area contributed by atoms with Gasteiger partial charge in [-0.25, -0.2) is 0 Å². The van der Waals surface area contributed by atoms with Crippen LogP contribution in [-0.2, 0) is 11.0 Å². The molecule has 0 spiro atoms. The second-order valence-corrected chi connectivity index (χ2v) is 4.51. The predicted octanol–water partition coefficient (Wildman–Crippen LogP) is 4.00. The zero-order valence-corrected chi connectivity index (χ0v) is 10.2. The van der Waals surface area contributed by atoms with Crippen LogP contribution in [0.25, 0.3) is 0 Å². The van der Waals surface area contributed by atoms with Gasteiger partial charge in [0.15, 0.2) is 0 Å². The van der Waals surface area contributed by atoms with Crippen LogP contribution in [0.5, 0.6) is 0 Å². The number of carbonyl (C=O) groups is 1. The molecule has 102 valence electrons. The number of benzene rings is 1. The molecule has 0 aromatic heterocycles. The number of amides is 1.